The van der Waals surface area contributed by atoms with Crippen LogP contribution in [0.25, 0.3) is 0 Å². The van der Waals surface area contributed by atoms with Gasteiger partial charge in [-0.3, -0.25) is 0 Å². The van der Waals surface area contributed by atoms with Crippen molar-refractivity contribution in [1.29, 1.82) is 0 Å². The topological polar surface area (TPSA) is 39.7 Å². The predicted octanol–water partition coefficient (Wildman–Crippen LogP) is 2.03. The van der Waals surface area contributed by atoms with Crippen LogP contribution in [0.2, 0.25) is 0 Å². The minimum atomic E-state index is -0.00634. The maximum Gasteiger partial charge on any atom is 0.159 e. The van der Waals surface area contributed by atoms with Crippen LogP contribution in [-0.4, -0.2) is 56.3 Å². The first-order valence-electron chi connectivity index (χ1n) is 7.93. The predicted molar refractivity (Wildman–Crippen MR) is 81.1 cm³/mol. The molecule has 3 saturated heterocycles. The Morgan fingerprint density at radius 1 is 1.20 bits per heavy atom. The quantitative estimate of drug-likeness (QED) is 0.860. The zero-order chi connectivity index (χ0) is 13.8. The molecule has 3 heterocycles. The zero-order valence-electron chi connectivity index (χ0n) is 12.4. The lowest BCUT2D eigenvalue weighted by molar-refractivity contribution is -0.114. The fraction of sp³-hybridized carbons (Fsp3) is 1.00. The van der Waals surface area contributed by atoms with E-state index in [9.17, 15) is 0 Å². The number of thioether (sulfide) groups is 1. The molecule has 5 heteroatoms. The van der Waals surface area contributed by atoms with Gasteiger partial charge in [0.2, 0.25) is 0 Å². The summed E-state index contributed by atoms with van der Waals surface area (Å²) in [5, 5.41) is 3.50. The van der Waals surface area contributed by atoms with Gasteiger partial charge in [0.1, 0.15) is 0 Å². The Balaban J connectivity index is 1.58. The third kappa shape index (κ3) is 3.50. The van der Waals surface area contributed by atoms with Gasteiger partial charge in [-0.05, 0) is 50.2 Å². The van der Waals surface area contributed by atoms with E-state index in [1.165, 1.54) is 30.8 Å². The van der Waals surface area contributed by atoms with E-state index in [0.29, 0.717) is 12.0 Å². The molecule has 0 aliphatic carbocycles. The second-order valence-corrected chi connectivity index (χ2v) is 7.42. The van der Waals surface area contributed by atoms with Crippen LogP contribution in [0.15, 0.2) is 0 Å². The van der Waals surface area contributed by atoms with E-state index >= 15 is 0 Å². The average Bonchev–Trinajstić information content (AvgIpc) is 2.98. The first-order valence-corrected chi connectivity index (χ1v) is 9.09. The van der Waals surface area contributed by atoms with Crippen LogP contribution in [0.5, 0.6) is 0 Å². The molecule has 20 heavy (non-hydrogen) atoms. The van der Waals surface area contributed by atoms with Crippen molar-refractivity contribution in [3.63, 3.8) is 0 Å². The standard InChI is InChI=1S/C15H27NO3S/c1-16-13(10-14-17-6-7-18-14)12-2-5-19-15(11-12)3-8-20-9-4-15/h12-14,16H,2-11H2,1H3. The number of nitrogens with one attached hydrogen (secondary N) is 1. The molecule has 116 valence electrons. The summed E-state index contributed by atoms with van der Waals surface area (Å²) in [5.74, 6) is 3.20. The normalized spacial score (nSPS) is 32.5. The van der Waals surface area contributed by atoms with Crippen molar-refractivity contribution in [2.75, 3.05) is 38.4 Å². The zero-order valence-corrected chi connectivity index (χ0v) is 13.3. The molecule has 2 unspecified atom stereocenters. The highest BCUT2D eigenvalue weighted by Gasteiger charge is 2.41. The number of ether oxygens (including phenoxy) is 3. The summed E-state index contributed by atoms with van der Waals surface area (Å²) in [4.78, 5) is 0. The minimum absolute atomic E-state index is 0.00634. The molecule has 3 aliphatic heterocycles. The third-order valence-electron chi connectivity index (χ3n) is 5.01. The molecule has 3 fully saturated rings. The molecule has 1 N–H and O–H groups in total. The van der Waals surface area contributed by atoms with E-state index in [1.54, 1.807) is 0 Å². The second-order valence-electron chi connectivity index (χ2n) is 6.20. The number of hydrogen-bond acceptors (Lipinski definition) is 5. The SMILES string of the molecule is CNC(CC1OCCO1)C1CCOC2(CCSCC2)C1. The summed E-state index contributed by atoms with van der Waals surface area (Å²) >= 11 is 2.07. The van der Waals surface area contributed by atoms with Crippen LogP contribution >= 0.6 is 11.8 Å². The van der Waals surface area contributed by atoms with Gasteiger partial charge in [-0.1, -0.05) is 0 Å². The second kappa shape index (κ2) is 6.97. The molecule has 0 amide bonds. The highest BCUT2D eigenvalue weighted by molar-refractivity contribution is 7.99. The Labute approximate surface area is 126 Å². The van der Waals surface area contributed by atoms with Crippen molar-refractivity contribution in [2.24, 2.45) is 5.92 Å². The highest BCUT2D eigenvalue weighted by Crippen LogP contribution is 2.41. The van der Waals surface area contributed by atoms with Crippen molar-refractivity contribution < 1.29 is 14.2 Å². The Bertz CT molecular complexity index is 298. The van der Waals surface area contributed by atoms with E-state index in [1.807, 2.05) is 0 Å². The van der Waals surface area contributed by atoms with Crippen molar-refractivity contribution in [3.8, 4) is 0 Å². The van der Waals surface area contributed by atoms with Crippen LogP contribution in [0.1, 0.15) is 32.1 Å². The van der Waals surface area contributed by atoms with Gasteiger partial charge in [0.15, 0.2) is 6.29 Å². The summed E-state index contributed by atoms with van der Waals surface area (Å²) in [7, 11) is 2.07. The summed E-state index contributed by atoms with van der Waals surface area (Å²) in [6.07, 6.45) is 5.76. The van der Waals surface area contributed by atoms with Gasteiger partial charge in [-0.15, -0.1) is 0 Å². The Morgan fingerprint density at radius 3 is 2.65 bits per heavy atom. The van der Waals surface area contributed by atoms with Crippen LogP contribution in [0.3, 0.4) is 0 Å². The molecular formula is C15H27NO3S. The van der Waals surface area contributed by atoms with Gasteiger partial charge >= 0.3 is 0 Å². The Hall–Kier alpha value is 0.190. The molecule has 1 spiro atoms. The molecule has 0 aromatic carbocycles. The molecule has 2 atom stereocenters. The lowest BCUT2D eigenvalue weighted by Crippen LogP contribution is -2.48. The van der Waals surface area contributed by atoms with E-state index in [2.05, 4.69) is 24.1 Å². The summed E-state index contributed by atoms with van der Waals surface area (Å²) < 4.78 is 17.4. The monoisotopic (exact) mass is 301 g/mol. The van der Waals surface area contributed by atoms with Crippen molar-refractivity contribution in [3.05, 3.63) is 0 Å². The fourth-order valence-electron chi connectivity index (χ4n) is 3.80. The van der Waals surface area contributed by atoms with Gasteiger partial charge in [-0.2, -0.15) is 11.8 Å². The minimum Gasteiger partial charge on any atom is -0.375 e. The summed E-state index contributed by atoms with van der Waals surface area (Å²) in [5.41, 5.74) is 0.167. The molecule has 0 aromatic rings. The lowest BCUT2D eigenvalue weighted by atomic mass is 9.78. The van der Waals surface area contributed by atoms with Crippen LogP contribution in [-0.2, 0) is 14.2 Å². The highest BCUT2D eigenvalue weighted by atomic mass is 32.2. The Morgan fingerprint density at radius 2 is 1.95 bits per heavy atom. The van der Waals surface area contributed by atoms with Crippen molar-refractivity contribution in [2.45, 2.75) is 50.0 Å². The molecule has 0 saturated carbocycles. The molecule has 3 aliphatic rings. The maximum atomic E-state index is 6.20. The van der Waals surface area contributed by atoms with E-state index in [-0.39, 0.29) is 11.9 Å². The summed E-state index contributed by atoms with van der Waals surface area (Å²) in [6, 6.07) is 0.480. The van der Waals surface area contributed by atoms with Crippen molar-refractivity contribution in [1.82, 2.24) is 5.32 Å². The van der Waals surface area contributed by atoms with Crippen LogP contribution in [0.4, 0.5) is 0 Å². The number of hydrogen-bond donors (Lipinski definition) is 1. The summed E-state index contributed by atoms with van der Waals surface area (Å²) in [6.45, 7) is 2.41. The Kier molecular flexibility index (Phi) is 5.26. The molecule has 3 rings (SSSR count). The number of rotatable bonds is 4. The molecule has 4 nitrogen and oxygen atoms in total. The van der Waals surface area contributed by atoms with Gasteiger partial charge in [0.05, 0.1) is 18.8 Å². The van der Waals surface area contributed by atoms with E-state index < -0.39 is 0 Å². The van der Waals surface area contributed by atoms with Crippen LogP contribution in [0, 0.1) is 5.92 Å². The molecule has 0 bridgehead atoms. The first kappa shape index (κ1) is 15.1. The van der Waals surface area contributed by atoms with Crippen molar-refractivity contribution >= 4 is 11.8 Å². The van der Waals surface area contributed by atoms with Gasteiger partial charge in [0, 0.05) is 19.1 Å². The van der Waals surface area contributed by atoms with Gasteiger partial charge in [-0.25, -0.2) is 0 Å². The molecule has 0 aromatic heterocycles. The molecule has 0 radical (unpaired) electrons. The van der Waals surface area contributed by atoms with Gasteiger partial charge < -0.3 is 19.5 Å². The van der Waals surface area contributed by atoms with E-state index in [0.717, 1.165) is 32.7 Å². The van der Waals surface area contributed by atoms with Gasteiger partial charge in [0.25, 0.3) is 0 Å². The lowest BCUT2D eigenvalue weighted by Gasteiger charge is -2.45. The maximum absolute atomic E-state index is 6.20. The first-order chi connectivity index (χ1) is 9.81. The third-order valence-corrected chi connectivity index (χ3v) is 6.00. The average molecular weight is 301 g/mol. The molecular weight excluding hydrogens is 274 g/mol. The smallest absolute Gasteiger partial charge is 0.159 e. The van der Waals surface area contributed by atoms with E-state index in [4.69, 9.17) is 14.2 Å². The fourth-order valence-corrected chi connectivity index (χ4v) is 5.03. The van der Waals surface area contributed by atoms with Crippen LogP contribution < -0.4 is 5.32 Å². The largest absolute Gasteiger partial charge is 0.375 e.